The SMILES string of the molecule is CC.CNc1ccc(OC(F)(F)F)cc1.Cc1nc2c(N3CCCCC3)c(C#N)c(=O)n(C)c2s1. The fourth-order valence-corrected chi connectivity index (χ4v) is 4.50. The number of pyridine rings is 1. The summed E-state index contributed by atoms with van der Waals surface area (Å²) in [6.45, 7) is 7.72. The molecule has 0 radical (unpaired) electrons. The quantitative estimate of drug-likeness (QED) is 0.479. The van der Waals surface area contributed by atoms with Crippen LogP contribution in [0, 0.1) is 18.3 Å². The molecule has 7 nitrogen and oxygen atoms in total. The number of piperidine rings is 1. The fraction of sp³-hybridized carbons (Fsp3) is 0.458. The molecule has 3 heterocycles. The Bertz CT molecular complexity index is 1210. The van der Waals surface area contributed by atoms with Crippen molar-refractivity contribution in [1.29, 1.82) is 5.26 Å². The van der Waals surface area contributed by atoms with E-state index in [1.165, 1.54) is 42.0 Å². The Morgan fingerprint density at radius 3 is 2.26 bits per heavy atom. The van der Waals surface area contributed by atoms with E-state index in [4.69, 9.17) is 0 Å². The Morgan fingerprint density at radius 2 is 1.74 bits per heavy atom. The number of aromatic nitrogens is 2. The van der Waals surface area contributed by atoms with E-state index < -0.39 is 6.36 Å². The van der Waals surface area contributed by atoms with Crippen LogP contribution in [0.3, 0.4) is 0 Å². The monoisotopic (exact) mass is 509 g/mol. The standard InChI is InChI=1S/C14H16N4OS.C8H8F3NO.C2H6/c1-9-16-11-12(18-6-4-3-5-7-18)10(8-15)13(19)17(2)14(11)20-9;1-12-6-2-4-7(5-3-6)13-8(9,10)11;1-2/h3-7H2,1-2H3;2-5,12H,1H3;1-2H3. The molecule has 1 fully saturated rings. The summed E-state index contributed by atoms with van der Waals surface area (Å²) in [5.74, 6) is -0.216. The second kappa shape index (κ2) is 12.4. The van der Waals surface area contributed by atoms with E-state index >= 15 is 0 Å². The summed E-state index contributed by atoms with van der Waals surface area (Å²) in [6.07, 6.45) is -1.21. The molecule has 35 heavy (non-hydrogen) atoms. The Balaban J connectivity index is 0.000000251. The zero-order valence-electron chi connectivity index (χ0n) is 20.5. The zero-order valence-corrected chi connectivity index (χ0v) is 21.3. The third kappa shape index (κ3) is 7.11. The zero-order chi connectivity index (χ0) is 26.2. The summed E-state index contributed by atoms with van der Waals surface area (Å²) in [6, 6.07) is 7.59. The molecule has 1 saturated heterocycles. The molecule has 0 bridgehead atoms. The molecule has 0 unspecified atom stereocenters. The number of ether oxygens (including phenoxy) is 1. The number of fused-ring (bicyclic) bond motifs is 1. The van der Waals surface area contributed by atoms with Crippen LogP contribution in [0.1, 0.15) is 43.7 Å². The number of nitrogens with one attached hydrogen (secondary N) is 1. The molecular formula is C24H30F3N5O2S. The summed E-state index contributed by atoms with van der Waals surface area (Å²) in [7, 11) is 3.39. The van der Waals surface area contributed by atoms with Gasteiger partial charge in [0.1, 0.15) is 27.7 Å². The van der Waals surface area contributed by atoms with Crippen LogP contribution in [0.25, 0.3) is 10.3 Å². The van der Waals surface area contributed by atoms with Crippen LogP contribution in [-0.2, 0) is 7.05 Å². The van der Waals surface area contributed by atoms with Gasteiger partial charge >= 0.3 is 6.36 Å². The lowest BCUT2D eigenvalue weighted by Crippen LogP contribution is -2.33. The molecule has 1 aliphatic rings. The minimum atomic E-state index is -4.62. The average Bonchev–Trinajstić information content (AvgIpc) is 3.24. The number of benzene rings is 1. The largest absolute Gasteiger partial charge is 0.573 e. The van der Waals surface area contributed by atoms with Gasteiger partial charge in [-0.1, -0.05) is 13.8 Å². The molecule has 11 heteroatoms. The van der Waals surface area contributed by atoms with Gasteiger partial charge in [-0.25, -0.2) is 4.98 Å². The molecule has 0 spiro atoms. The molecule has 0 amide bonds. The van der Waals surface area contributed by atoms with Gasteiger partial charge in [-0.05, 0) is 50.5 Å². The van der Waals surface area contributed by atoms with Gasteiger partial charge in [0.15, 0.2) is 0 Å². The smallest absolute Gasteiger partial charge is 0.406 e. The maximum Gasteiger partial charge on any atom is 0.573 e. The van der Waals surface area contributed by atoms with Gasteiger partial charge in [0.2, 0.25) is 0 Å². The van der Waals surface area contributed by atoms with Crippen LogP contribution < -0.4 is 20.5 Å². The van der Waals surface area contributed by atoms with Gasteiger partial charge in [-0.3, -0.25) is 4.79 Å². The normalized spacial score (nSPS) is 13.2. The van der Waals surface area contributed by atoms with Gasteiger partial charge in [0, 0.05) is 32.9 Å². The maximum absolute atomic E-state index is 12.4. The summed E-state index contributed by atoms with van der Waals surface area (Å²) < 4.78 is 40.3. The Labute approximate surface area is 206 Å². The predicted octanol–water partition coefficient (Wildman–Crippen LogP) is 5.82. The third-order valence-corrected chi connectivity index (χ3v) is 6.21. The van der Waals surface area contributed by atoms with Crippen LogP contribution in [-0.4, -0.2) is 36.1 Å². The Morgan fingerprint density at radius 1 is 1.14 bits per heavy atom. The minimum Gasteiger partial charge on any atom is -0.406 e. The van der Waals surface area contributed by atoms with E-state index in [1.54, 1.807) is 18.7 Å². The molecular weight excluding hydrogens is 479 g/mol. The van der Waals surface area contributed by atoms with Gasteiger partial charge < -0.3 is 19.5 Å². The number of alkyl halides is 3. The number of nitriles is 1. The molecule has 190 valence electrons. The number of hydrogen-bond donors (Lipinski definition) is 1. The lowest BCUT2D eigenvalue weighted by molar-refractivity contribution is -0.274. The number of thiazole rings is 1. The molecule has 1 aromatic carbocycles. The molecule has 0 saturated carbocycles. The van der Waals surface area contributed by atoms with Crippen molar-refractivity contribution < 1.29 is 17.9 Å². The van der Waals surface area contributed by atoms with Gasteiger partial charge in [-0.2, -0.15) is 5.26 Å². The van der Waals surface area contributed by atoms with Crippen molar-refractivity contribution in [2.75, 3.05) is 30.4 Å². The first-order valence-corrected chi connectivity index (χ1v) is 12.1. The predicted molar refractivity (Wildman–Crippen MR) is 134 cm³/mol. The number of rotatable bonds is 3. The van der Waals surface area contributed by atoms with Crippen LogP contribution >= 0.6 is 11.3 Å². The number of anilines is 2. The number of hydrogen-bond acceptors (Lipinski definition) is 7. The van der Waals surface area contributed by atoms with Crippen molar-refractivity contribution in [1.82, 2.24) is 9.55 Å². The number of aryl methyl sites for hydroxylation is 2. The Kier molecular flexibility index (Phi) is 9.95. The van der Waals surface area contributed by atoms with Gasteiger partial charge in [0.05, 0.1) is 10.7 Å². The first kappa shape index (κ1) is 28.0. The molecule has 2 aromatic heterocycles. The van der Waals surface area contributed by atoms with E-state index in [-0.39, 0.29) is 16.9 Å². The van der Waals surface area contributed by atoms with E-state index in [0.29, 0.717) is 0 Å². The molecule has 0 aliphatic carbocycles. The van der Waals surface area contributed by atoms with Gasteiger partial charge in [-0.15, -0.1) is 24.5 Å². The van der Waals surface area contributed by atoms with Crippen molar-refractivity contribution in [3.63, 3.8) is 0 Å². The van der Waals surface area contributed by atoms with Crippen LogP contribution in [0.4, 0.5) is 24.5 Å². The third-order valence-electron chi connectivity index (χ3n) is 5.16. The highest BCUT2D eigenvalue weighted by atomic mass is 32.1. The number of halogens is 3. The van der Waals surface area contributed by atoms with E-state index in [1.807, 2.05) is 20.8 Å². The van der Waals surface area contributed by atoms with Crippen molar-refractivity contribution in [2.45, 2.75) is 46.4 Å². The van der Waals surface area contributed by atoms with Crippen molar-refractivity contribution in [2.24, 2.45) is 7.05 Å². The highest BCUT2D eigenvalue weighted by Gasteiger charge is 2.31. The van der Waals surface area contributed by atoms with Crippen molar-refractivity contribution in [3.8, 4) is 11.8 Å². The van der Waals surface area contributed by atoms with Crippen LogP contribution in [0.2, 0.25) is 0 Å². The Hall–Kier alpha value is -3.26. The lowest BCUT2D eigenvalue weighted by Gasteiger charge is -2.29. The van der Waals surface area contributed by atoms with Gasteiger partial charge in [0.25, 0.3) is 5.56 Å². The van der Waals surface area contributed by atoms with E-state index in [0.717, 1.165) is 52.7 Å². The van der Waals surface area contributed by atoms with Crippen molar-refractivity contribution >= 4 is 33.1 Å². The minimum absolute atomic E-state index is 0.216. The van der Waals surface area contributed by atoms with E-state index in [9.17, 15) is 23.2 Å². The topological polar surface area (TPSA) is 83.2 Å². The highest BCUT2D eigenvalue weighted by Crippen LogP contribution is 2.32. The molecule has 1 N–H and O–H groups in total. The molecule has 0 atom stereocenters. The second-order valence-corrected chi connectivity index (χ2v) is 8.64. The summed E-state index contributed by atoms with van der Waals surface area (Å²) in [4.78, 5) is 20.0. The van der Waals surface area contributed by atoms with Crippen LogP contribution in [0.5, 0.6) is 5.75 Å². The average molecular weight is 510 g/mol. The summed E-state index contributed by atoms with van der Waals surface area (Å²) in [5.41, 5.74) is 2.29. The first-order chi connectivity index (χ1) is 16.6. The molecule has 4 rings (SSSR count). The van der Waals surface area contributed by atoms with Crippen molar-refractivity contribution in [3.05, 3.63) is 45.2 Å². The fourth-order valence-electron chi connectivity index (χ4n) is 3.63. The lowest BCUT2D eigenvalue weighted by atomic mass is 10.1. The first-order valence-electron chi connectivity index (χ1n) is 11.3. The summed E-state index contributed by atoms with van der Waals surface area (Å²) >= 11 is 1.51. The number of nitrogens with zero attached hydrogens (tertiary/aromatic N) is 4. The highest BCUT2D eigenvalue weighted by molar-refractivity contribution is 7.18. The molecule has 1 aliphatic heterocycles. The maximum atomic E-state index is 12.4. The second-order valence-electron chi connectivity index (χ2n) is 7.46. The molecule has 3 aromatic rings. The van der Waals surface area contributed by atoms with E-state index in [2.05, 4.69) is 26.0 Å². The van der Waals surface area contributed by atoms with Crippen LogP contribution in [0.15, 0.2) is 29.1 Å². The summed E-state index contributed by atoms with van der Waals surface area (Å²) in [5, 5.41) is 13.1.